The number of alkyl carbamates (subject to hydrolysis) is 1. The largest absolute Gasteiger partial charge is 0.444 e. The number of nitrogens with one attached hydrogen (secondary N) is 2. The molecule has 1 aromatic heterocycles. The number of terminal acetylenes is 1. The molecule has 0 aromatic carbocycles. The number of carbonyl (C=O) groups excluding carboxylic acids is 1. The molecule has 7 nitrogen and oxygen atoms in total. The molecule has 0 aliphatic carbocycles. The first kappa shape index (κ1) is 13.8. The van der Waals surface area contributed by atoms with Crippen molar-refractivity contribution in [3.8, 4) is 12.3 Å². The van der Waals surface area contributed by atoms with E-state index in [-0.39, 0.29) is 12.4 Å². The number of nitrogen functional groups attached to an aromatic ring is 1. The third kappa shape index (κ3) is 4.33. The maximum absolute atomic E-state index is 11.6. The predicted molar refractivity (Wildman–Crippen MR) is 66.4 cm³/mol. The van der Waals surface area contributed by atoms with Crippen LogP contribution in [0.4, 0.5) is 10.7 Å². The van der Waals surface area contributed by atoms with Crippen molar-refractivity contribution < 1.29 is 9.53 Å². The number of carbonyl (C=O) groups is 1. The molecule has 0 saturated carbocycles. The van der Waals surface area contributed by atoms with Gasteiger partial charge in [-0.1, -0.05) is 0 Å². The van der Waals surface area contributed by atoms with Crippen LogP contribution in [0.1, 0.15) is 39.1 Å². The van der Waals surface area contributed by atoms with Gasteiger partial charge in [-0.3, -0.25) is 5.10 Å². The summed E-state index contributed by atoms with van der Waals surface area (Å²) in [5.74, 6) is 2.94. The number of ether oxygens (including phenoxy) is 1. The molecule has 0 spiro atoms. The maximum atomic E-state index is 11.6. The molecule has 0 fully saturated rings. The number of nitrogens with two attached hydrogens (primary N) is 1. The van der Waals surface area contributed by atoms with Crippen LogP contribution >= 0.6 is 0 Å². The van der Waals surface area contributed by atoms with Crippen LogP contribution in [0.5, 0.6) is 0 Å². The van der Waals surface area contributed by atoms with E-state index in [4.69, 9.17) is 16.9 Å². The van der Waals surface area contributed by atoms with Crippen molar-refractivity contribution in [3.63, 3.8) is 0 Å². The number of amides is 1. The summed E-state index contributed by atoms with van der Waals surface area (Å²) in [7, 11) is 0. The monoisotopic (exact) mass is 251 g/mol. The highest BCUT2D eigenvalue weighted by molar-refractivity contribution is 5.68. The van der Waals surface area contributed by atoms with E-state index >= 15 is 0 Å². The van der Waals surface area contributed by atoms with Crippen LogP contribution in [0.2, 0.25) is 0 Å². The second-order valence-electron chi connectivity index (χ2n) is 4.69. The lowest BCUT2D eigenvalue weighted by atomic mass is 10.2. The Morgan fingerprint density at radius 2 is 2.33 bits per heavy atom. The number of hydrogen-bond acceptors (Lipinski definition) is 5. The van der Waals surface area contributed by atoms with Gasteiger partial charge in [0.1, 0.15) is 17.5 Å². The zero-order chi connectivity index (χ0) is 13.8. The Kier molecular flexibility index (Phi) is 4.15. The quantitative estimate of drug-likeness (QED) is 0.694. The zero-order valence-corrected chi connectivity index (χ0v) is 10.7. The highest BCUT2D eigenvalue weighted by Gasteiger charge is 2.22. The standard InChI is InChI=1S/C11H17N5O2/c1-5-6-7(8-14-9(12)16-15-8)13-10(17)18-11(2,3)4/h1,7H,6H2,2-4H3,(H,13,17)(H3,12,14,15,16)/t7-/m0/s1. The fourth-order valence-corrected chi connectivity index (χ4v) is 1.23. The number of nitrogens with zero attached hydrogens (tertiary/aromatic N) is 2. The predicted octanol–water partition coefficient (Wildman–Crippen LogP) is 0.976. The SMILES string of the molecule is C#CC[C@H](NC(=O)OC(C)(C)C)c1nc(N)n[nH]1. The molecule has 0 unspecified atom stereocenters. The summed E-state index contributed by atoms with van der Waals surface area (Å²) in [4.78, 5) is 15.6. The molecule has 0 saturated heterocycles. The molecule has 1 amide bonds. The van der Waals surface area contributed by atoms with Crippen LogP contribution in [0.15, 0.2) is 0 Å². The van der Waals surface area contributed by atoms with Crippen molar-refractivity contribution in [2.75, 3.05) is 5.73 Å². The van der Waals surface area contributed by atoms with Gasteiger partial charge in [0.05, 0.1) is 0 Å². The number of hydrogen-bond donors (Lipinski definition) is 3. The smallest absolute Gasteiger partial charge is 0.408 e. The van der Waals surface area contributed by atoms with E-state index in [2.05, 4.69) is 26.4 Å². The van der Waals surface area contributed by atoms with Crippen molar-refractivity contribution >= 4 is 12.0 Å². The van der Waals surface area contributed by atoms with Gasteiger partial charge in [-0.2, -0.15) is 4.98 Å². The van der Waals surface area contributed by atoms with E-state index in [9.17, 15) is 4.79 Å². The molecule has 4 N–H and O–H groups in total. The Hall–Kier alpha value is -2.23. The minimum absolute atomic E-state index is 0.0954. The molecule has 7 heteroatoms. The van der Waals surface area contributed by atoms with Crippen molar-refractivity contribution in [1.82, 2.24) is 20.5 Å². The minimum Gasteiger partial charge on any atom is -0.444 e. The summed E-state index contributed by atoms with van der Waals surface area (Å²) in [6.07, 6.45) is 4.93. The topological polar surface area (TPSA) is 106 Å². The number of H-pyrrole nitrogens is 1. The first-order valence-electron chi connectivity index (χ1n) is 5.42. The summed E-state index contributed by atoms with van der Waals surface area (Å²) in [5.41, 5.74) is 4.82. The van der Waals surface area contributed by atoms with Gasteiger partial charge in [0.25, 0.3) is 0 Å². The lowest BCUT2D eigenvalue weighted by molar-refractivity contribution is 0.0502. The molecule has 0 bridgehead atoms. The third-order valence-corrected chi connectivity index (χ3v) is 1.86. The molecular weight excluding hydrogens is 234 g/mol. The number of anilines is 1. The lowest BCUT2D eigenvalue weighted by Gasteiger charge is -2.21. The Bertz CT molecular complexity index is 455. The molecule has 18 heavy (non-hydrogen) atoms. The molecule has 1 rings (SSSR count). The molecule has 1 aromatic rings. The zero-order valence-electron chi connectivity index (χ0n) is 10.7. The molecule has 0 aliphatic rings. The highest BCUT2D eigenvalue weighted by Crippen LogP contribution is 2.14. The van der Waals surface area contributed by atoms with Gasteiger partial charge in [0.15, 0.2) is 0 Å². The summed E-state index contributed by atoms with van der Waals surface area (Å²) < 4.78 is 5.13. The van der Waals surface area contributed by atoms with E-state index in [0.717, 1.165) is 0 Å². The molecule has 98 valence electrons. The van der Waals surface area contributed by atoms with Crippen LogP contribution in [0, 0.1) is 12.3 Å². The average Bonchev–Trinajstić information content (AvgIpc) is 2.61. The summed E-state index contributed by atoms with van der Waals surface area (Å²) >= 11 is 0. The fourth-order valence-electron chi connectivity index (χ4n) is 1.23. The normalized spacial score (nSPS) is 12.6. The number of rotatable bonds is 3. The fraction of sp³-hybridized carbons (Fsp3) is 0.545. The number of aromatic nitrogens is 3. The van der Waals surface area contributed by atoms with E-state index in [1.165, 1.54) is 0 Å². The van der Waals surface area contributed by atoms with E-state index < -0.39 is 17.7 Å². The first-order chi connectivity index (χ1) is 8.31. The van der Waals surface area contributed by atoms with Crippen LogP contribution in [0.25, 0.3) is 0 Å². The molecular formula is C11H17N5O2. The molecule has 1 atom stereocenters. The van der Waals surface area contributed by atoms with E-state index in [1.807, 2.05) is 0 Å². The minimum atomic E-state index is -0.578. The van der Waals surface area contributed by atoms with E-state index in [0.29, 0.717) is 5.82 Å². The van der Waals surface area contributed by atoms with Crippen LogP contribution < -0.4 is 11.1 Å². The summed E-state index contributed by atoms with van der Waals surface area (Å²) in [5, 5.41) is 8.90. The van der Waals surface area contributed by atoms with Gasteiger partial charge in [-0.05, 0) is 20.8 Å². The Morgan fingerprint density at radius 3 is 2.78 bits per heavy atom. The second-order valence-corrected chi connectivity index (χ2v) is 4.69. The van der Waals surface area contributed by atoms with Crippen LogP contribution in [-0.2, 0) is 4.74 Å². The molecule has 1 heterocycles. The van der Waals surface area contributed by atoms with Gasteiger partial charge < -0.3 is 15.8 Å². The average molecular weight is 251 g/mol. The highest BCUT2D eigenvalue weighted by atomic mass is 16.6. The van der Waals surface area contributed by atoms with E-state index in [1.54, 1.807) is 20.8 Å². The Morgan fingerprint density at radius 1 is 1.67 bits per heavy atom. The van der Waals surface area contributed by atoms with Crippen LogP contribution in [-0.4, -0.2) is 26.9 Å². The maximum Gasteiger partial charge on any atom is 0.408 e. The van der Waals surface area contributed by atoms with Gasteiger partial charge >= 0.3 is 6.09 Å². The van der Waals surface area contributed by atoms with Crippen LogP contribution in [0.3, 0.4) is 0 Å². The van der Waals surface area contributed by atoms with Crippen molar-refractivity contribution in [2.45, 2.75) is 38.8 Å². The first-order valence-corrected chi connectivity index (χ1v) is 5.42. The van der Waals surface area contributed by atoms with Gasteiger partial charge in [-0.25, -0.2) is 4.79 Å². The van der Waals surface area contributed by atoms with Crippen molar-refractivity contribution in [3.05, 3.63) is 5.82 Å². The lowest BCUT2D eigenvalue weighted by Crippen LogP contribution is -2.35. The van der Waals surface area contributed by atoms with Crippen molar-refractivity contribution in [1.29, 1.82) is 0 Å². The Balaban J connectivity index is 2.70. The summed E-state index contributed by atoms with van der Waals surface area (Å²) in [6.45, 7) is 5.32. The van der Waals surface area contributed by atoms with Crippen molar-refractivity contribution in [2.24, 2.45) is 0 Å². The Labute approximate surface area is 105 Å². The number of aromatic amines is 1. The van der Waals surface area contributed by atoms with Gasteiger partial charge in [0.2, 0.25) is 5.95 Å². The third-order valence-electron chi connectivity index (χ3n) is 1.86. The van der Waals surface area contributed by atoms with Gasteiger partial charge in [0, 0.05) is 6.42 Å². The molecule has 0 aliphatic heterocycles. The van der Waals surface area contributed by atoms with Gasteiger partial charge in [-0.15, -0.1) is 17.4 Å². The second kappa shape index (κ2) is 5.40. The summed E-state index contributed by atoms with van der Waals surface area (Å²) in [6, 6.07) is -0.505. The molecule has 0 radical (unpaired) electrons.